The molecule has 1 aromatic heterocycles. The Balaban J connectivity index is 2.64. The summed E-state index contributed by atoms with van der Waals surface area (Å²) in [7, 11) is 0. The van der Waals surface area contributed by atoms with Crippen LogP contribution in [0.5, 0.6) is 0 Å². The Labute approximate surface area is 91.2 Å². The summed E-state index contributed by atoms with van der Waals surface area (Å²) >= 11 is 0. The minimum atomic E-state index is -1.17. The van der Waals surface area contributed by atoms with Gasteiger partial charge in [-0.05, 0) is 12.1 Å². The van der Waals surface area contributed by atoms with Gasteiger partial charge in [0.15, 0.2) is 5.69 Å². The number of hydrogen-bond donors (Lipinski definition) is 1. The molecule has 0 radical (unpaired) electrons. The molecule has 0 fully saturated rings. The van der Waals surface area contributed by atoms with Crippen molar-refractivity contribution in [3.05, 3.63) is 47.8 Å². The van der Waals surface area contributed by atoms with E-state index in [4.69, 9.17) is 10.4 Å². The van der Waals surface area contributed by atoms with E-state index in [1.54, 1.807) is 30.3 Å². The number of carboxylic acid groups (broad SMARTS) is 1. The van der Waals surface area contributed by atoms with Crippen LogP contribution >= 0.6 is 0 Å². The Hall–Kier alpha value is -2.61. The summed E-state index contributed by atoms with van der Waals surface area (Å²) in [5.74, 6) is -1.17. The standard InChI is InChI=1S/C11H7N3O2/c12-6-8-7-13-14(10(8)11(15)16)9-4-2-1-3-5-9/h1-5,7H,(H,15,16). The van der Waals surface area contributed by atoms with Gasteiger partial charge in [-0.2, -0.15) is 10.4 Å². The largest absolute Gasteiger partial charge is 0.476 e. The van der Waals surface area contributed by atoms with Crippen molar-refractivity contribution < 1.29 is 9.90 Å². The lowest BCUT2D eigenvalue weighted by Crippen LogP contribution is -2.09. The molecule has 0 unspecified atom stereocenters. The van der Waals surface area contributed by atoms with Gasteiger partial charge in [0, 0.05) is 0 Å². The lowest BCUT2D eigenvalue weighted by molar-refractivity contribution is 0.0686. The van der Waals surface area contributed by atoms with Gasteiger partial charge >= 0.3 is 5.97 Å². The lowest BCUT2D eigenvalue weighted by atomic mass is 10.2. The fourth-order valence-electron chi connectivity index (χ4n) is 1.40. The molecule has 0 aliphatic heterocycles. The maximum atomic E-state index is 11.0. The Morgan fingerprint density at radius 2 is 2.06 bits per heavy atom. The number of para-hydroxylation sites is 1. The molecule has 0 bridgehead atoms. The summed E-state index contributed by atoms with van der Waals surface area (Å²) in [5.41, 5.74) is 0.548. The highest BCUT2D eigenvalue weighted by Crippen LogP contribution is 2.13. The van der Waals surface area contributed by atoms with E-state index in [1.165, 1.54) is 10.9 Å². The highest BCUT2D eigenvalue weighted by Gasteiger charge is 2.18. The van der Waals surface area contributed by atoms with E-state index in [0.29, 0.717) is 5.69 Å². The molecule has 2 rings (SSSR count). The average Bonchev–Trinajstić information content (AvgIpc) is 2.73. The molecule has 5 heteroatoms. The SMILES string of the molecule is N#Cc1cnn(-c2ccccc2)c1C(=O)O. The van der Waals surface area contributed by atoms with Gasteiger partial charge in [0.2, 0.25) is 0 Å². The highest BCUT2D eigenvalue weighted by atomic mass is 16.4. The fourth-order valence-corrected chi connectivity index (χ4v) is 1.40. The number of aromatic nitrogens is 2. The van der Waals surface area contributed by atoms with E-state index in [1.807, 2.05) is 6.07 Å². The van der Waals surface area contributed by atoms with Gasteiger partial charge in [-0.1, -0.05) is 18.2 Å². The minimum absolute atomic E-state index is 0.0522. The summed E-state index contributed by atoms with van der Waals surface area (Å²) in [6, 6.07) is 10.6. The number of nitriles is 1. The zero-order valence-corrected chi connectivity index (χ0v) is 8.16. The third-order valence-corrected chi connectivity index (χ3v) is 2.09. The van der Waals surface area contributed by atoms with Crippen LogP contribution in [0.1, 0.15) is 16.1 Å². The van der Waals surface area contributed by atoms with E-state index in [9.17, 15) is 4.79 Å². The van der Waals surface area contributed by atoms with Crippen LogP contribution in [0.15, 0.2) is 36.5 Å². The second kappa shape index (κ2) is 3.87. The van der Waals surface area contributed by atoms with Crippen LogP contribution in [0.4, 0.5) is 0 Å². The van der Waals surface area contributed by atoms with E-state index in [2.05, 4.69) is 5.10 Å². The van der Waals surface area contributed by atoms with Gasteiger partial charge < -0.3 is 5.11 Å². The van der Waals surface area contributed by atoms with Crippen LogP contribution in [0.2, 0.25) is 0 Å². The van der Waals surface area contributed by atoms with E-state index < -0.39 is 5.97 Å². The number of nitrogens with zero attached hydrogens (tertiary/aromatic N) is 3. The number of aromatic carboxylic acids is 1. The summed E-state index contributed by atoms with van der Waals surface area (Å²) in [6.07, 6.45) is 1.25. The normalized spacial score (nSPS) is 9.69. The predicted molar refractivity (Wildman–Crippen MR) is 55.2 cm³/mol. The molecular weight excluding hydrogens is 206 g/mol. The zero-order chi connectivity index (χ0) is 11.5. The first-order chi connectivity index (χ1) is 7.74. The quantitative estimate of drug-likeness (QED) is 0.818. The molecule has 1 N–H and O–H groups in total. The molecule has 0 atom stereocenters. The number of rotatable bonds is 2. The van der Waals surface area contributed by atoms with E-state index >= 15 is 0 Å². The maximum absolute atomic E-state index is 11.0. The van der Waals surface area contributed by atoms with Crippen molar-refractivity contribution in [3.63, 3.8) is 0 Å². The third kappa shape index (κ3) is 1.53. The van der Waals surface area contributed by atoms with Crippen molar-refractivity contribution in [2.75, 3.05) is 0 Å². The van der Waals surface area contributed by atoms with Crippen molar-refractivity contribution in [3.8, 4) is 11.8 Å². The first kappa shape index (κ1) is 9.93. The number of benzene rings is 1. The molecular formula is C11H7N3O2. The van der Waals surface area contributed by atoms with Crippen LogP contribution in [-0.2, 0) is 0 Å². The number of hydrogen-bond acceptors (Lipinski definition) is 3. The van der Waals surface area contributed by atoms with Crippen LogP contribution in [0, 0.1) is 11.3 Å². The Bertz CT molecular complexity index is 567. The maximum Gasteiger partial charge on any atom is 0.356 e. The number of carboxylic acids is 1. The van der Waals surface area contributed by atoms with Gasteiger partial charge in [0.25, 0.3) is 0 Å². The second-order valence-corrected chi connectivity index (χ2v) is 3.07. The molecule has 0 saturated carbocycles. The van der Waals surface area contributed by atoms with Crippen molar-refractivity contribution in [1.82, 2.24) is 9.78 Å². The van der Waals surface area contributed by atoms with Gasteiger partial charge in [-0.15, -0.1) is 0 Å². The topological polar surface area (TPSA) is 78.9 Å². The lowest BCUT2D eigenvalue weighted by Gasteiger charge is -2.03. The van der Waals surface area contributed by atoms with Crippen LogP contribution < -0.4 is 0 Å². The van der Waals surface area contributed by atoms with Gasteiger partial charge in [-0.25, -0.2) is 9.48 Å². The third-order valence-electron chi connectivity index (χ3n) is 2.09. The molecule has 0 amide bonds. The molecule has 0 spiro atoms. The summed E-state index contributed by atoms with van der Waals surface area (Å²) in [4.78, 5) is 11.0. The summed E-state index contributed by atoms with van der Waals surface area (Å²) in [5, 5.41) is 21.7. The highest BCUT2D eigenvalue weighted by molar-refractivity contribution is 5.89. The van der Waals surface area contributed by atoms with Crippen molar-refractivity contribution in [2.24, 2.45) is 0 Å². The average molecular weight is 213 g/mol. The van der Waals surface area contributed by atoms with Gasteiger partial charge in [0.1, 0.15) is 11.6 Å². The Morgan fingerprint density at radius 3 is 2.62 bits per heavy atom. The molecule has 1 heterocycles. The summed E-state index contributed by atoms with van der Waals surface area (Å²) < 4.78 is 1.24. The Kier molecular flexibility index (Phi) is 2.40. The van der Waals surface area contributed by atoms with Crippen molar-refractivity contribution >= 4 is 5.97 Å². The summed E-state index contributed by atoms with van der Waals surface area (Å²) in [6.45, 7) is 0. The first-order valence-corrected chi connectivity index (χ1v) is 4.51. The van der Waals surface area contributed by atoms with Crippen LogP contribution in [0.3, 0.4) is 0 Å². The molecule has 0 saturated heterocycles. The van der Waals surface area contributed by atoms with Crippen molar-refractivity contribution in [2.45, 2.75) is 0 Å². The smallest absolute Gasteiger partial charge is 0.356 e. The predicted octanol–water partition coefficient (Wildman–Crippen LogP) is 1.44. The fraction of sp³-hybridized carbons (Fsp3) is 0. The molecule has 5 nitrogen and oxygen atoms in total. The van der Waals surface area contributed by atoms with Gasteiger partial charge in [0.05, 0.1) is 11.9 Å². The van der Waals surface area contributed by atoms with Crippen LogP contribution in [0.25, 0.3) is 5.69 Å². The number of carbonyl (C=O) groups is 1. The van der Waals surface area contributed by atoms with Crippen LogP contribution in [-0.4, -0.2) is 20.9 Å². The monoisotopic (exact) mass is 213 g/mol. The second-order valence-electron chi connectivity index (χ2n) is 3.07. The molecule has 2 aromatic rings. The molecule has 0 aliphatic carbocycles. The van der Waals surface area contributed by atoms with E-state index in [-0.39, 0.29) is 11.3 Å². The Morgan fingerprint density at radius 1 is 1.38 bits per heavy atom. The van der Waals surface area contributed by atoms with Gasteiger partial charge in [-0.3, -0.25) is 0 Å². The molecule has 0 aliphatic rings. The van der Waals surface area contributed by atoms with E-state index in [0.717, 1.165) is 0 Å². The zero-order valence-electron chi connectivity index (χ0n) is 8.16. The molecule has 1 aromatic carbocycles. The first-order valence-electron chi connectivity index (χ1n) is 4.51. The molecule has 78 valence electrons. The van der Waals surface area contributed by atoms with Crippen molar-refractivity contribution in [1.29, 1.82) is 5.26 Å². The molecule has 16 heavy (non-hydrogen) atoms. The minimum Gasteiger partial charge on any atom is -0.476 e.